The molecule has 6 heteroatoms. The fourth-order valence-corrected chi connectivity index (χ4v) is 3.61. The van der Waals surface area contributed by atoms with E-state index in [4.69, 9.17) is 16.3 Å². The molecule has 0 radical (unpaired) electrons. The fourth-order valence-electron chi connectivity index (χ4n) is 3.40. The Morgan fingerprint density at radius 1 is 1.17 bits per heavy atom. The lowest BCUT2D eigenvalue weighted by atomic mass is 9.81. The summed E-state index contributed by atoms with van der Waals surface area (Å²) >= 11 is 6.12. The van der Waals surface area contributed by atoms with Gasteiger partial charge in [-0.15, -0.1) is 0 Å². The molecule has 1 heterocycles. The fraction of sp³-hybridized carbons (Fsp3) is 0.611. The Hall–Kier alpha value is -1.23. The van der Waals surface area contributed by atoms with Gasteiger partial charge >= 0.3 is 6.18 Å². The lowest BCUT2D eigenvalue weighted by Gasteiger charge is -2.28. The van der Waals surface area contributed by atoms with Crippen LogP contribution in [-0.4, -0.2) is 18.3 Å². The van der Waals surface area contributed by atoms with Crippen LogP contribution in [0.4, 0.5) is 13.2 Å². The van der Waals surface area contributed by atoms with Crippen molar-refractivity contribution in [3.05, 3.63) is 28.6 Å². The molecule has 0 N–H and O–H groups in total. The zero-order chi connectivity index (χ0) is 17.3. The summed E-state index contributed by atoms with van der Waals surface area (Å²) in [6, 6.07) is 1.75. The van der Waals surface area contributed by atoms with Crippen LogP contribution >= 0.6 is 11.6 Å². The summed E-state index contributed by atoms with van der Waals surface area (Å²) in [4.78, 5) is 4.38. The van der Waals surface area contributed by atoms with Crippen molar-refractivity contribution in [1.82, 2.24) is 4.98 Å². The Labute approximate surface area is 145 Å². The van der Waals surface area contributed by atoms with Crippen molar-refractivity contribution >= 4 is 17.7 Å². The van der Waals surface area contributed by atoms with Crippen molar-refractivity contribution < 1.29 is 17.9 Å². The van der Waals surface area contributed by atoms with E-state index in [0.29, 0.717) is 23.9 Å². The highest BCUT2D eigenvalue weighted by molar-refractivity contribution is 6.29. The van der Waals surface area contributed by atoms with Crippen LogP contribution in [0.2, 0.25) is 5.15 Å². The van der Waals surface area contributed by atoms with Gasteiger partial charge < -0.3 is 4.74 Å². The predicted molar refractivity (Wildman–Crippen MR) is 88.3 cm³/mol. The predicted octanol–water partition coefficient (Wildman–Crippen LogP) is 6.00. The molecule has 0 aliphatic heterocycles. The van der Waals surface area contributed by atoms with Gasteiger partial charge in [0, 0.05) is 11.5 Å². The molecule has 2 saturated carbocycles. The number of aromatic nitrogens is 1. The molecule has 1 aromatic rings. The van der Waals surface area contributed by atoms with Crippen LogP contribution in [0.25, 0.3) is 6.08 Å². The SMILES string of the molecule is COc1c(/C=C/C2CCC(C(F)(F)F)CC2)cc(Cl)nc1C1CC1. The van der Waals surface area contributed by atoms with Gasteiger partial charge in [-0.1, -0.05) is 23.8 Å². The number of alkyl halides is 3. The van der Waals surface area contributed by atoms with Crippen LogP contribution in [0.1, 0.15) is 55.7 Å². The van der Waals surface area contributed by atoms with E-state index in [0.717, 1.165) is 29.8 Å². The molecule has 0 bridgehead atoms. The lowest BCUT2D eigenvalue weighted by molar-refractivity contribution is -0.183. The number of hydrogen-bond acceptors (Lipinski definition) is 2. The Morgan fingerprint density at radius 3 is 2.38 bits per heavy atom. The first-order chi connectivity index (χ1) is 11.4. The average molecular weight is 360 g/mol. The molecule has 1 aromatic heterocycles. The molecule has 3 rings (SSSR count). The minimum atomic E-state index is -4.06. The van der Waals surface area contributed by atoms with Crippen LogP contribution in [0.15, 0.2) is 12.1 Å². The number of hydrogen-bond donors (Lipinski definition) is 0. The Bertz CT molecular complexity index is 617. The number of methoxy groups -OCH3 is 1. The second kappa shape index (κ2) is 6.95. The van der Waals surface area contributed by atoms with E-state index in [1.54, 1.807) is 13.2 Å². The van der Waals surface area contributed by atoms with Crippen molar-refractivity contribution in [2.75, 3.05) is 7.11 Å². The third-order valence-corrected chi connectivity index (χ3v) is 5.14. The molecular weight excluding hydrogens is 339 g/mol. The summed E-state index contributed by atoms with van der Waals surface area (Å²) in [5, 5.41) is 0.429. The first-order valence-electron chi connectivity index (χ1n) is 8.38. The largest absolute Gasteiger partial charge is 0.494 e. The van der Waals surface area contributed by atoms with E-state index in [1.165, 1.54) is 0 Å². The monoisotopic (exact) mass is 359 g/mol. The first-order valence-corrected chi connectivity index (χ1v) is 8.75. The van der Waals surface area contributed by atoms with Crippen molar-refractivity contribution in [1.29, 1.82) is 0 Å². The smallest absolute Gasteiger partial charge is 0.391 e. The zero-order valence-corrected chi connectivity index (χ0v) is 14.3. The number of rotatable bonds is 4. The van der Waals surface area contributed by atoms with E-state index in [1.807, 2.05) is 12.2 Å². The van der Waals surface area contributed by atoms with Crippen LogP contribution < -0.4 is 4.74 Å². The van der Waals surface area contributed by atoms with Gasteiger partial charge in [-0.3, -0.25) is 0 Å². The normalized spacial score (nSPS) is 25.2. The van der Waals surface area contributed by atoms with Crippen molar-refractivity contribution in [3.63, 3.8) is 0 Å². The summed E-state index contributed by atoms with van der Waals surface area (Å²) in [5.41, 5.74) is 1.75. The maximum atomic E-state index is 12.7. The third-order valence-electron chi connectivity index (χ3n) is 4.95. The number of ether oxygens (including phenoxy) is 1. The zero-order valence-electron chi connectivity index (χ0n) is 13.6. The average Bonchev–Trinajstić information content (AvgIpc) is 3.36. The highest BCUT2D eigenvalue weighted by Gasteiger charge is 2.41. The summed E-state index contributed by atoms with van der Waals surface area (Å²) in [6.45, 7) is 0. The molecule has 0 saturated heterocycles. The van der Waals surface area contributed by atoms with Gasteiger partial charge in [0.05, 0.1) is 18.7 Å². The van der Waals surface area contributed by atoms with Gasteiger partial charge in [0.15, 0.2) is 0 Å². The summed E-state index contributed by atoms with van der Waals surface area (Å²) < 4.78 is 43.7. The van der Waals surface area contributed by atoms with Gasteiger partial charge in [-0.25, -0.2) is 4.98 Å². The van der Waals surface area contributed by atoms with Crippen molar-refractivity contribution in [2.45, 2.75) is 50.6 Å². The molecule has 0 unspecified atom stereocenters. The van der Waals surface area contributed by atoms with Gasteiger partial charge in [0.2, 0.25) is 0 Å². The summed E-state index contributed by atoms with van der Waals surface area (Å²) in [6.07, 6.45) is 3.60. The van der Waals surface area contributed by atoms with E-state index in [2.05, 4.69) is 4.98 Å². The third kappa shape index (κ3) is 4.05. The van der Waals surface area contributed by atoms with Crippen LogP contribution in [-0.2, 0) is 0 Å². The van der Waals surface area contributed by atoms with Gasteiger partial charge in [0.1, 0.15) is 10.9 Å². The molecule has 2 nitrogen and oxygen atoms in total. The topological polar surface area (TPSA) is 22.1 Å². The minimum absolute atomic E-state index is 0.171. The standard InChI is InChI=1S/C18H21ClF3NO/c1-24-17-13(10-15(19)23-16(17)12-6-7-12)5-2-11-3-8-14(9-4-11)18(20,21)22/h2,5,10-12,14H,3-4,6-9H2,1H3/b5-2+. The van der Waals surface area contributed by atoms with Crippen molar-refractivity contribution in [3.8, 4) is 5.75 Å². The molecule has 2 aliphatic rings. The second-order valence-corrected chi connectivity index (χ2v) is 7.13. The number of allylic oxidation sites excluding steroid dienone is 1. The van der Waals surface area contributed by atoms with Gasteiger partial charge in [-0.2, -0.15) is 13.2 Å². The first kappa shape index (κ1) is 17.6. The van der Waals surface area contributed by atoms with Crippen LogP contribution in [0.3, 0.4) is 0 Å². The van der Waals surface area contributed by atoms with Crippen LogP contribution in [0.5, 0.6) is 5.75 Å². The van der Waals surface area contributed by atoms with E-state index in [9.17, 15) is 13.2 Å². The Kier molecular flexibility index (Phi) is 5.09. The summed E-state index contributed by atoms with van der Waals surface area (Å²) in [5.74, 6) is 0.174. The van der Waals surface area contributed by atoms with Crippen molar-refractivity contribution in [2.24, 2.45) is 11.8 Å². The maximum absolute atomic E-state index is 12.7. The highest BCUT2D eigenvalue weighted by atomic mass is 35.5. The second-order valence-electron chi connectivity index (χ2n) is 6.74. The van der Waals surface area contributed by atoms with Gasteiger partial charge in [-0.05, 0) is 50.5 Å². The molecule has 0 aromatic carbocycles. The molecule has 2 fully saturated rings. The van der Waals surface area contributed by atoms with E-state index < -0.39 is 12.1 Å². The van der Waals surface area contributed by atoms with E-state index in [-0.39, 0.29) is 18.8 Å². The van der Waals surface area contributed by atoms with Gasteiger partial charge in [0.25, 0.3) is 0 Å². The number of pyridine rings is 1. The molecule has 0 spiro atoms. The number of nitrogens with zero attached hydrogens (tertiary/aromatic N) is 1. The summed E-state index contributed by atoms with van der Waals surface area (Å²) in [7, 11) is 1.61. The molecule has 24 heavy (non-hydrogen) atoms. The molecule has 0 atom stereocenters. The minimum Gasteiger partial charge on any atom is -0.494 e. The quantitative estimate of drug-likeness (QED) is 0.615. The van der Waals surface area contributed by atoms with E-state index >= 15 is 0 Å². The van der Waals surface area contributed by atoms with Crippen LogP contribution in [0, 0.1) is 11.8 Å². The highest BCUT2D eigenvalue weighted by Crippen LogP contribution is 2.45. The maximum Gasteiger partial charge on any atom is 0.391 e. The Morgan fingerprint density at radius 2 is 1.83 bits per heavy atom. The number of halogens is 4. The molecule has 132 valence electrons. The molecular formula is C18H21ClF3NO. The molecule has 0 amide bonds. The Balaban J connectivity index is 1.71. The molecule has 2 aliphatic carbocycles. The lowest BCUT2D eigenvalue weighted by Crippen LogP contribution is -2.27.